The number of hydrogen-bond acceptors (Lipinski definition) is 4. The van der Waals surface area contributed by atoms with Crippen LogP contribution in [0.4, 0.5) is 5.95 Å². The Morgan fingerprint density at radius 2 is 2.19 bits per heavy atom. The van der Waals surface area contributed by atoms with Crippen molar-refractivity contribution in [1.82, 2.24) is 14.5 Å². The van der Waals surface area contributed by atoms with Crippen LogP contribution in [0.1, 0.15) is 32.2 Å². The van der Waals surface area contributed by atoms with Crippen molar-refractivity contribution in [3.8, 4) is 5.75 Å². The van der Waals surface area contributed by atoms with Crippen LogP contribution in [0.3, 0.4) is 0 Å². The van der Waals surface area contributed by atoms with E-state index in [4.69, 9.17) is 10.5 Å². The van der Waals surface area contributed by atoms with Crippen molar-refractivity contribution < 1.29 is 4.74 Å². The van der Waals surface area contributed by atoms with Crippen molar-refractivity contribution >= 4 is 17.0 Å². The molecule has 5 nitrogen and oxygen atoms in total. The first-order valence-corrected chi connectivity index (χ1v) is 7.93. The van der Waals surface area contributed by atoms with Gasteiger partial charge in [-0.1, -0.05) is 6.07 Å². The lowest BCUT2D eigenvalue weighted by Crippen LogP contribution is -2.28. The van der Waals surface area contributed by atoms with Gasteiger partial charge in [-0.2, -0.15) is 0 Å². The van der Waals surface area contributed by atoms with Crippen LogP contribution in [0, 0.1) is 0 Å². The first kappa shape index (κ1) is 13.0. The van der Waals surface area contributed by atoms with Crippen molar-refractivity contribution in [2.45, 2.75) is 38.3 Å². The van der Waals surface area contributed by atoms with E-state index in [2.05, 4.69) is 20.5 Å². The quantitative estimate of drug-likeness (QED) is 0.941. The smallest absolute Gasteiger partial charge is 0.201 e. The van der Waals surface area contributed by atoms with Gasteiger partial charge in [0.2, 0.25) is 5.95 Å². The zero-order chi connectivity index (χ0) is 14.4. The van der Waals surface area contributed by atoms with Crippen molar-refractivity contribution in [2.75, 3.05) is 25.4 Å². The zero-order valence-corrected chi connectivity index (χ0v) is 12.5. The first-order valence-electron chi connectivity index (χ1n) is 7.93. The summed E-state index contributed by atoms with van der Waals surface area (Å²) in [6.45, 7) is 5.05. The first-order chi connectivity index (χ1) is 10.3. The summed E-state index contributed by atoms with van der Waals surface area (Å²) >= 11 is 0. The Bertz CT molecular complexity index is 666. The lowest BCUT2D eigenvalue weighted by atomic mass is 10.1. The van der Waals surface area contributed by atoms with Crippen molar-refractivity contribution in [2.24, 2.45) is 0 Å². The molecule has 2 N–H and O–H groups in total. The van der Waals surface area contributed by atoms with E-state index in [0.29, 0.717) is 24.6 Å². The van der Waals surface area contributed by atoms with Crippen LogP contribution >= 0.6 is 0 Å². The molecule has 0 bridgehead atoms. The summed E-state index contributed by atoms with van der Waals surface area (Å²) < 4.78 is 7.94. The van der Waals surface area contributed by atoms with E-state index < -0.39 is 0 Å². The fourth-order valence-corrected chi connectivity index (χ4v) is 4.09. The lowest BCUT2D eigenvalue weighted by Gasteiger charge is -2.23. The van der Waals surface area contributed by atoms with Gasteiger partial charge in [0.05, 0.1) is 18.2 Å². The molecule has 0 aliphatic carbocycles. The van der Waals surface area contributed by atoms with E-state index >= 15 is 0 Å². The Kier molecular flexibility index (Phi) is 3.03. The molecule has 0 saturated carbocycles. The maximum atomic E-state index is 6.26. The topological polar surface area (TPSA) is 56.3 Å². The predicted octanol–water partition coefficient (Wildman–Crippen LogP) is 2.43. The van der Waals surface area contributed by atoms with Crippen molar-refractivity contribution in [3.05, 3.63) is 18.2 Å². The third-order valence-corrected chi connectivity index (χ3v) is 4.91. The van der Waals surface area contributed by atoms with E-state index in [1.165, 1.54) is 32.4 Å². The number of anilines is 1. The van der Waals surface area contributed by atoms with Crippen LogP contribution in [0.5, 0.6) is 5.75 Å². The van der Waals surface area contributed by atoms with Crippen LogP contribution < -0.4 is 10.5 Å². The van der Waals surface area contributed by atoms with E-state index in [-0.39, 0.29) is 0 Å². The maximum absolute atomic E-state index is 6.26. The Morgan fingerprint density at radius 3 is 3.05 bits per heavy atom. The molecule has 2 aliphatic heterocycles. The van der Waals surface area contributed by atoms with E-state index in [0.717, 1.165) is 16.8 Å². The minimum Gasteiger partial charge on any atom is -0.492 e. The third kappa shape index (κ3) is 1.91. The lowest BCUT2D eigenvalue weighted by molar-refractivity contribution is 0.293. The predicted molar refractivity (Wildman–Crippen MR) is 83.6 cm³/mol. The summed E-state index contributed by atoms with van der Waals surface area (Å²) in [6.07, 6.45) is 3.74. The Balaban J connectivity index is 1.82. The molecule has 5 heteroatoms. The number of fused-ring (bicyclic) bond motifs is 2. The highest BCUT2D eigenvalue weighted by molar-refractivity contribution is 5.84. The molecule has 0 spiro atoms. The summed E-state index contributed by atoms with van der Waals surface area (Å²) in [5, 5.41) is 0. The van der Waals surface area contributed by atoms with Crippen LogP contribution in [0.15, 0.2) is 18.2 Å². The van der Waals surface area contributed by atoms with Gasteiger partial charge >= 0.3 is 0 Å². The molecular formula is C16H22N4O. The van der Waals surface area contributed by atoms with Crippen molar-refractivity contribution in [1.29, 1.82) is 0 Å². The second kappa shape index (κ2) is 4.91. The Morgan fingerprint density at radius 1 is 1.29 bits per heavy atom. The normalized spacial score (nSPS) is 25.6. The molecule has 2 saturated heterocycles. The van der Waals surface area contributed by atoms with E-state index in [1.54, 1.807) is 0 Å². The summed E-state index contributed by atoms with van der Waals surface area (Å²) in [5.41, 5.74) is 8.26. The third-order valence-electron chi connectivity index (χ3n) is 4.91. The SMILES string of the molecule is CCOc1cccc2c1nc(N)n2C1CCN2CCCC12. The van der Waals surface area contributed by atoms with Gasteiger partial charge in [0.25, 0.3) is 0 Å². The van der Waals surface area contributed by atoms with Crippen LogP contribution in [-0.2, 0) is 0 Å². The van der Waals surface area contributed by atoms with E-state index in [1.807, 2.05) is 19.1 Å². The molecule has 2 fully saturated rings. The number of ether oxygens (including phenoxy) is 1. The minimum absolute atomic E-state index is 0.453. The van der Waals surface area contributed by atoms with Gasteiger partial charge in [-0.25, -0.2) is 4.98 Å². The molecule has 2 aromatic rings. The molecule has 2 unspecified atom stereocenters. The average molecular weight is 286 g/mol. The minimum atomic E-state index is 0.453. The molecule has 112 valence electrons. The average Bonchev–Trinajstić information content (AvgIpc) is 3.13. The summed E-state index contributed by atoms with van der Waals surface area (Å²) in [6, 6.07) is 7.19. The number of hydrogen-bond donors (Lipinski definition) is 1. The fraction of sp³-hybridized carbons (Fsp3) is 0.562. The van der Waals surface area contributed by atoms with Crippen LogP contribution in [-0.4, -0.2) is 40.2 Å². The number of aromatic nitrogens is 2. The van der Waals surface area contributed by atoms with Gasteiger partial charge in [-0.15, -0.1) is 0 Å². The summed E-state index contributed by atoms with van der Waals surface area (Å²) in [4.78, 5) is 7.19. The standard InChI is InChI=1S/C16H22N4O/c1-2-21-14-7-3-5-13-15(14)18-16(17)20(13)12-8-10-19-9-4-6-11(12)19/h3,5,7,11-12H,2,4,6,8-10H2,1H3,(H2,17,18). The van der Waals surface area contributed by atoms with Gasteiger partial charge in [0, 0.05) is 12.6 Å². The highest BCUT2D eigenvalue weighted by Gasteiger charge is 2.39. The molecular weight excluding hydrogens is 264 g/mol. The largest absolute Gasteiger partial charge is 0.492 e. The molecule has 3 heterocycles. The van der Waals surface area contributed by atoms with Gasteiger partial charge in [0.1, 0.15) is 11.3 Å². The fourth-order valence-electron chi connectivity index (χ4n) is 4.09. The second-order valence-corrected chi connectivity index (χ2v) is 6.00. The van der Waals surface area contributed by atoms with Gasteiger partial charge < -0.3 is 15.0 Å². The van der Waals surface area contributed by atoms with E-state index in [9.17, 15) is 0 Å². The number of para-hydroxylation sites is 1. The molecule has 21 heavy (non-hydrogen) atoms. The molecule has 0 radical (unpaired) electrons. The molecule has 0 amide bonds. The summed E-state index contributed by atoms with van der Waals surface area (Å²) in [5.74, 6) is 1.46. The number of nitrogens with two attached hydrogens (primary N) is 1. The van der Waals surface area contributed by atoms with Gasteiger partial charge in [-0.3, -0.25) is 4.90 Å². The highest BCUT2D eigenvalue weighted by atomic mass is 16.5. The summed E-state index contributed by atoms with van der Waals surface area (Å²) in [7, 11) is 0. The molecule has 1 aromatic carbocycles. The van der Waals surface area contributed by atoms with Crippen LogP contribution in [0.2, 0.25) is 0 Å². The number of imidazole rings is 1. The Labute approximate surface area is 124 Å². The monoisotopic (exact) mass is 286 g/mol. The van der Waals surface area contributed by atoms with Gasteiger partial charge in [0.15, 0.2) is 0 Å². The molecule has 4 rings (SSSR count). The number of nitrogen functional groups attached to an aromatic ring is 1. The number of nitrogens with zero attached hydrogens (tertiary/aromatic N) is 3. The Hall–Kier alpha value is -1.75. The number of benzene rings is 1. The molecule has 1 aromatic heterocycles. The highest BCUT2D eigenvalue weighted by Crippen LogP contribution is 2.40. The second-order valence-electron chi connectivity index (χ2n) is 6.00. The number of rotatable bonds is 3. The van der Waals surface area contributed by atoms with Crippen LogP contribution in [0.25, 0.3) is 11.0 Å². The zero-order valence-electron chi connectivity index (χ0n) is 12.5. The van der Waals surface area contributed by atoms with Gasteiger partial charge in [-0.05, 0) is 44.9 Å². The van der Waals surface area contributed by atoms with Crippen molar-refractivity contribution in [3.63, 3.8) is 0 Å². The maximum Gasteiger partial charge on any atom is 0.201 e. The molecule has 2 atom stereocenters. The molecule has 2 aliphatic rings.